The van der Waals surface area contributed by atoms with Gasteiger partial charge >= 0.3 is 0 Å². The highest BCUT2D eigenvalue weighted by molar-refractivity contribution is 7.99. The lowest BCUT2D eigenvalue weighted by Crippen LogP contribution is -2.09. The highest BCUT2D eigenvalue weighted by Crippen LogP contribution is 2.25. The normalized spacial score (nSPS) is 12.2. The molecule has 0 amide bonds. The molecule has 0 saturated heterocycles. The van der Waals surface area contributed by atoms with Gasteiger partial charge in [-0.25, -0.2) is 0 Å². The molecule has 1 atom stereocenters. The lowest BCUT2D eigenvalue weighted by Gasteiger charge is -2.14. The Hall–Kier alpha value is -1.45. The molecule has 2 nitrogen and oxygen atoms in total. The molecule has 2 aromatic rings. The van der Waals surface area contributed by atoms with Crippen molar-refractivity contribution < 1.29 is 4.74 Å². The third-order valence-corrected chi connectivity index (χ3v) is 3.98. The standard InChI is InChI=1S/C17H21NOS/c1-13-8-9-17(16(12-13)14(2)18)19-10-11-20-15-6-4-3-5-7-15/h3-9,12,14H,10-11,18H2,1-2H3/t14-/m0/s1. The van der Waals surface area contributed by atoms with Crippen LogP contribution in [-0.4, -0.2) is 12.4 Å². The van der Waals surface area contributed by atoms with Crippen LogP contribution >= 0.6 is 11.8 Å². The SMILES string of the molecule is Cc1ccc(OCCSc2ccccc2)c([C@H](C)N)c1. The van der Waals surface area contributed by atoms with Gasteiger partial charge in [0.05, 0.1) is 6.61 Å². The van der Waals surface area contributed by atoms with Crippen molar-refractivity contribution in [3.8, 4) is 5.75 Å². The molecule has 2 rings (SSSR count). The quantitative estimate of drug-likeness (QED) is 0.639. The Morgan fingerprint density at radius 2 is 1.90 bits per heavy atom. The molecular formula is C17H21NOS. The first-order valence-corrected chi connectivity index (χ1v) is 7.82. The first kappa shape index (κ1) is 14.9. The van der Waals surface area contributed by atoms with Gasteiger partial charge in [0.1, 0.15) is 5.75 Å². The van der Waals surface area contributed by atoms with Crippen LogP contribution in [0.3, 0.4) is 0 Å². The molecule has 2 aromatic carbocycles. The summed E-state index contributed by atoms with van der Waals surface area (Å²) in [5.74, 6) is 1.83. The van der Waals surface area contributed by atoms with E-state index >= 15 is 0 Å². The van der Waals surface area contributed by atoms with Crippen LogP contribution in [0.25, 0.3) is 0 Å². The number of nitrogens with two attached hydrogens (primary N) is 1. The van der Waals surface area contributed by atoms with Gasteiger partial charge in [-0.15, -0.1) is 11.8 Å². The molecule has 0 aliphatic rings. The van der Waals surface area contributed by atoms with Gasteiger partial charge < -0.3 is 10.5 Å². The molecule has 0 radical (unpaired) electrons. The van der Waals surface area contributed by atoms with Crippen LogP contribution < -0.4 is 10.5 Å². The minimum absolute atomic E-state index is 0.00771. The van der Waals surface area contributed by atoms with E-state index in [2.05, 4.69) is 43.3 Å². The van der Waals surface area contributed by atoms with Gasteiger partial charge in [-0.05, 0) is 32.0 Å². The van der Waals surface area contributed by atoms with Crippen LogP contribution in [0, 0.1) is 6.92 Å². The summed E-state index contributed by atoms with van der Waals surface area (Å²) in [6.07, 6.45) is 0. The molecular weight excluding hydrogens is 266 g/mol. The molecule has 0 bridgehead atoms. The topological polar surface area (TPSA) is 35.2 Å². The molecule has 106 valence electrons. The Balaban J connectivity index is 1.88. The monoisotopic (exact) mass is 287 g/mol. The second-order valence-electron chi connectivity index (χ2n) is 4.84. The van der Waals surface area contributed by atoms with Gasteiger partial charge in [0.2, 0.25) is 0 Å². The highest BCUT2D eigenvalue weighted by atomic mass is 32.2. The van der Waals surface area contributed by atoms with Crippen molar-refractivity contribution in [1.29, 1.82) is 0 Å². The number of aryl methyl sites for hydroxylation is 1. The van der Waals surface area contributed by atoms with E-state index in [0.29, 0.717) is 6.61 Å². The van der Waals surface area contributed by atoms with Gasteiger partial charge in [-0.1, -0.05) is 35.9 Å². The summed E-state index contributed by atoms with van der Waals surface area (Å²) in [5, 5.41) is 0. The van der Waals surface area contributed by atoms with Crippen LogP contribution in [0.5, 0.6) is 5.75 Å². The molecule has 0 aliphatic carbocycles. The third-order valence-electron chi connectivity index (χ3n) is 3.01. The maximum Gasteiger partial charge on any atom is 0.124 e. The molecule has 0 fully saturated rings. The summed E-state index contributed by atoms with van der Waals surface area (Å²) >= 11 is 1.80. The number of thioether (sulfide) groups is 1. The summed E-state index contributed by atoms with van der Waals surface area (Å²) < 4.78 is 5.87. The zero-order chi connectivity index (χ0) is 14.4. The van der Waals surface area contributed by atoms with Crippen molar-refractivity contribution >= 4 is 11.8 Å². The van der Waals surface area contributed by atoms with Gasteiger partial charge in [0.15, 0.2) is 0 Å². The Kier molecular flexibility index (Phi) is 5.50. The molecule has 2 N–H and O–H groups in total. The maximum absolute atomic E-state index is 5.99. The summed E-state index contributed by atoms with van der Waals surface area (Å²) in [7, 11) is 0. The van der Waals surface area contributed by atoms with E-state index in [1.54, 1.807) is 11.8 Å². The minimum Gasteiger partial charge on any atom is -0.492 e. The third kappa shape index (κ3) is 4.29. The Morgan fingerprint density at radius 3 is 2.60 bits per heavy atom. The predicted octanol–water partition coefficient (Wildman–Crippen LogP) is 4.19. The fourth-order valence-electron chi connectivity index (χ4n) is 1.98. The summed E-state index contributed by atoms with van der Waals surface area (Å²) in [5.41, 5.74) is 8.28. The highest BCUT2D eigenvalue weighted by Gasteiger charge is 2.08. The fraction of sp³-hybridized carbons (Fsp3) is 0.294. The van der Waals surface area contributed by atoms with E-state index < -0.39 is 0 Å². The molecule has 3 heteroatoms. The second-order valence-corrected chi connectivity index (χ2v) is 6.01. The maximum atomic E-state index is 5.99. The van der Waals surface area contributed by atoms with E-state index in [-0.39, 0.29) is 6.04 Å². The Labute approximate surface area is 125 Å². The number of benzene rings is 2. The van der Waals surface area contributed by atoms with Crippen molar-refractivity contribution in [3.05, 3.63) is 59.7 Å². The number of hydrogen-bond donors (Lipinski definition) is 1. The Bertz CT molecular complexity index is 540. The van der Waals surface area contributed by atoms with E-state index in [4.69, 9.17) is 10.5 Å². The second kappa shape index (κ2) is 7.36. The van der Waals surface area contributed by atoms with Crippen molar-refractivity contribution in [3.63, 3.8) is 0 Å². The molecule has 0 unspecified atom stereocenters. The molecule has 20 heavy (non-hydrogen) atoms. The number of ether oxygens (including phenoxy) is 1. The Morgan fingerprint density at radius 1 is 1.15 bits per heavy atom. The van der Waals surface area contributed by atoms with Gasteiger partial charge in [-0.3, -0.25) is 0 Å². The lowest BCUT2D eigenvalue weighted by atomic mass is 10.1. The first-order chi connectivity index (χ1) is 9.66. The lowest BCUT2D eigenvalue weighted by molar-refractivity contribution is 0.338. The van der Waals surface area contributed by atoms with E-state index in [9.17, 15) is 0 Å². The van der Waals surface area contributed by atoms with E-state index in [0.717, 1.165) is 17.1 Å². The van der Waals surface area contributed by atoms with Crippen LogP contribution in [0.1, 0.15) is 24.1 Å². The molecule has 0 heterocycles. The molecule has 0 spiro atoms. The van der Waals surface area contributed by atoms with Gasteiger partial charge in [-0.2, -0.15) is 0 Å². The molecule has 0 saturated carbocycles. The summed E-state index contributed by atoms with van der Waals surface area (Å²) in [6, 6.07) is 16.5. The molecule has 0 aliphatic heterocycles. The van der Waals surface area contributed by atoms with Gasteiger partial charge in [0, 0.05) is 22.3 Å². The number of rotatable bonds is 6. The van der Waals surface area contributed by atoms with Crippen molar-refractivity contribution in [2.45, 2.75) is 24.8 Å². The predicted molar refractivity (Wildman–Crippen MR) is 86.4 cm³/mol. The minimum atomic E-state index is -0.00771. The average molecular weight is 287 g/mol. The fourth-order valence-corrected chi connectivity index (χ4v) is 2.73. The zero-order valence-corrected chi connectivity index (χ0v) is 12.8. The van der Waals surface area contributed by atoms with Crippen molar-refractivity contribution in [1.82, 2.24) is 0 Å². The van der Waals surface area contributed by atoms with E-state index in [1.807, 2.05) is 19.1 Å². The van der Waals surface area contributed by atoms with Crippen LogP contribution in [0.15, 0.2) is 53.4 Å². The van der Waals surface area contributed by atoms with Crippen LogP contribution in [0.2, 0.25) is 0 Å². The van der Waals surface area contributed by atoms with Crippen LogP contribution in [0.4, 0.5) is 0 Å². The first-order valence-electron chi connectivity index (χ1n) is 6.83. The summed E-state index contributed by atoms with van der Waals surface area (Å²) in [4.78, 5) is 1.27. The van der Waals surface area contributed by atoms with Crippen molar-refractivity contribution in [2.75, 3.05) is 12.4 Å². The van der Waals surface area contributed by atoms with E-state index in [1.165, 1.54) is 10.5 Å². The largest absolute Gasteiger partial charge is 0.492 e. The smallest absolute Gasteiger partial charge is 0.124 e. The average Bonchev–Trinajstić information content (AvgIpc) is 2.45. The number of hydrogen-bond acceptors (Lipinski definition) is 3. The molecule has 0 aromatic heterocycles. The van der Waals surface area contributed by atoms with Crippen molar-refractivity contribution in [2.24, 2.45) is 5.73 Å². The zero-order valence-electron chi connectivity index (χ0n) is 12.0. The van der Waals surface area contributed by atoms with Gasteiger partial charge in [0.25, 0.3) is 0 Å². The van der Waals surface area contributed by atoms with Crippen LogP contribution in [-0.2, 0) is 0 Å². The summed E-state index contributed by atoms with van der Waals surface area (Å²) in [6.45, 7) is 4.74.